The SMILES string of the molecule is Cc1ccn(Cc2ccc(F)cc2Cl)c1C(=O)O. The first-order valence-electron chi connectivity index (χ1n) is 5.32. The molecule has 3 nitrogen and oxygen atoms in total. The lowest BCUT2D eigenvalue weighted by atomic mass is 10.2. The molecule has 5 heteroatoms. The Morgan fingerprint density at radius 2 is 2.17 bits per heavy atom. The largest absolute Gasteiger partial charge is 0.477 e. The summed E-state index contributed by atoms with van der Waals surface area (Å²) in [6.45, 7) is 2.03. The van der Waals surface area contributed by atoms with Gasteiger partial charge in [0.05, 0.1) is 0 Å². The summed E-state index contributed by atoms with van der Waals surface area (Å²) in [4.78, 5) is 11.1. The average Bonchev–Trinajstić information content (AvgIpc) is 2.64. The third-order valence-corrected chi connectivity index (χ3v) is 3.08. The van der Waals surface area contributed by atoms with Crippen LogP contribution in [0, 0.1) is 12.7 Å². The Balaban J connectivity index is 2.37. The van der Waals surface area contributed by atoms with Gasteiger partial charge in [0.1, 0.15) is 11.5 Å². The lowest BCUT2D eigenvalue weighted by Crippen LogP contribution is -2.10. The van der Waals surface area contributed by atoms with Crippen LogP contribution in [0.25, 0.3) is 0 Å². The van der Waals surface area contributed by atoms with Gasteiger partial charge in [-0.05, 0) is 36.2 Å². The van der Waals surface area contributed by atoms with Crippen LogP contribution in [0.5, 0.6) is 0 Å². The maximum atomic E-state index is 12.9. The van der Waals surface area contributed by atoms with E-state index in [-0.39, 0.29) is 10.7 Å². The topological polar surface area (TPSA) is 42.2 Å². The van der Waals surface area contributed by atoms with E-state index < -0.39 is 11.8 Å². The van der Waals surface area contributed by atoms with Crippen molar-refractivity contribution in [2.24, 2.45) is 0 Å². The number of carboxylic acid groups (broad SMARTS) is 1. The van der Waals surface area contributed by atoms with Crippen LogP contribution in [-0.4, -0.2) is 15.6 Å². The third-order valence-electron chi connectivity index (χ3n) is 2.72. The molecule has 0 aliphatic carbocycles. The van der Waals surface area contributed by atoms with E-state index in [2.05, 4.69) is 0 Å². The molecule has 0 unspecified atom stereocenters. The van der Waals surface area contributed by atoms with E-state index in [1.807, 2.05) is 0 Å². The number of aromatic nitrogens is 1. The van der Waals surface area contributed by atoms with Gasteiger partial charge in [-0.1, -0.05) is 17.7 Å². The van der Waals surface area contributed by atoms with Gasteiger partial charge in [-0.25, -0.2) is 9.18 Å². The zero-order chi connectivity index (χ0) is 13.3. The van der Waals surface area contributed by atoms with Gasteiger partial charge in [-0.15, -0.1) is 0 Å². The summed E-state index contributed by atoms with van der Waals surface area (Å²) in [5.74, 6) is -1.40. The standard InChI is InChI=1S/C13H11ClFNO2/c1-8-4-5-16(12(8)13(17)18)7-9-2-3-10(15)6-11(9)14/h2-6H,7H2,1H3,(H,17,18). The van der Waals surface area contributed by atoms with Crippen LogP contribution in [-0.2, 0) is 6.54 Å². The number of aromatic carboxylic acids is 1. The normalized spacial score (nSPS) is 10.6. The highest BCUT2D eigenvalue weighted by Gasteiger charge is 2.14. The molecule has 0 bridgehead atoms. The van der Waals surface area contributed by atoms with Gasteiger partial charge >= 0.3 is 5.97 Å². The van der Waals surface area contributed by atoms with Crippen molar-refractivity contribution >= 4 is 17.6 Å². The maximum absolute atomic E-state index is 12.9. The molecule has 0 saturated heterocycles. The summed E-state index contributed by atoms with van der Waals surface area (Å²) in [5.41, 5.74) is 1.58. The molecule has 2 aromatic rings. The van der Waals surface area contributed by atoms with E-state index in [9.17, 15) is 9.18 Å². The minimum atomic E-state index is -0.990. The fraction of sp³-hybridized carbons (Fsp3) is 0.154. The lowest BCUT2D eigenvalue weighted by molar-refractivity contribution is 0.0685. The Labute approximate surface area is 108 Å². The molecule has 94 valence electrons. The Morgan fingerprint density at radius 1 is 1.44 bits per heavy atom. The van der Waals surface area contributed by atoms with E-state index in [0.717, 1.165) is 0 Å². The van der Waals surface area contributed by atoms with Crippen LogP contribution < -0.4 is 0 Å². The monoisotopic (exact) mass is 267 g/mol. The van der Waals surface area contributed by atoms with Crippen molar-refractivity contribution < 1.29 is 14.3 Å². The third kappa shape index (κ3) is 2.38. The van der Waals surface area contributed by atoms with Crippen LogP contribution in [0.4, 0.5) is 4.39 Å². The first kappa shape index (κ1) is 12.6. The quantitative estimate of drug-likeness (QED) is 0.927. The molecule has 0 atom stereocenters. The predicted molar refractivity (Wildman–Crippen MR) is 66.6 cm³/mol. The first-order valence-corrected chi connectivity index (χ1v) is 5.70. The fourth-order valence-corrected chi connectivity index (χ4v) is 2.07. The molecule has 1 aromatic carbocycles. The maximum Gasteiger partial charge on any atom is 0.352 e. The summed E-state index contributed by atoms with van der Waals surface area (Å²) in [5, 5.41) is 9.40. The number of halogens is 2. The Kier molecular flexibility index (Phi) is 3.39. The van der Waals surface area contributed by atoms with E-state index in [1.165, 1.54) is 12.1 Å². The number of carbonyl (C=O) groups is 1. The highest BCUT2D eigenvalue weighted by atomic mass is 35.5. The van der Waals surface area contributed by atoms with E-state index in [0.29, 0.717) is 17.7 Å². The number of rotatable bonds is 3. The van der Waals surface area contributed by atoms with Gasteiger partial charge in [0, 0.05) is 17.8 Å². The van der Waals surface area contributed by atoms with Crippen molar-refractivity contribution in [3.63, 3.8) is 0 Å². The molecular weight excluding hydrogens is 257 g/mol. The molecule has 0 radical (unpaired) electrons. The smallest absolute Gasteiger partial charge is 0.352 e. The highest BCUT2D eigenvalue weighted by molar-refractivity contribution is 6.31. The second-order valence-corrected chi connectivity index (χ2v) is 4.42. The molecule has 1 N–H and O–H groups in total. The molecule has 0 aliphatic heterocycles. The van der Waals surface area contributed by atoms with Crippen molar-refractivity contribution in [3.05, 3.63) is 58.1 Å². The van der Waals surface area contributed by atoms with Crippen LogP contribution in [0.2, 0.25) is 5.02 Å². The number of benzene rings is 1. The molecule has 18 heavy (non-hydrogen) atoms. The summed E-state index contributed by atoms with van der Waals surface area (Å²) < 4.78 is 14.5. The highest BCUT2D eigenvalue weighted by Crippen LogP contribution is 2.20. The summed E-state index contributed by atoms with van der Waals surface area (Å²) in [7, 11) is 0. The Bertz CT molecular complexity index is 607. The molecule has 1 heterocycles. The second kappa shape index (κ2) is 4.82. The van der Waals surface area contributed by atoms with Gasteiger partial charge < -0.3 is 9.67 Å². The molecule has 1 aromatic heterocycles. The number of aryl methyl sites for hydroxylation is 1. The average molecular weight is 268 g/mol. The van der Waals surface area contributed by atoms with Crippen LogP contribution >= 0.6 is 11.6 Å². The van der Waals surface area contributed by atoms with E-state index >= 15 is 0 Å². The summed E-state index contributed by atoms with van der Waals surface area (Å²) in [6.07, 6.45) is 1.68. The van der Waals surface area contributed by atoms with Crippen molar-refractivity contribution in [3.8, 4) is 0 Å². The van der Waals surface area contributed by atoms with Crippen LogP contribution in [0.1, 0.15) is 21.6 Å². The molecule has 2 rings (SSSR count). The number of hydrogen-bond donors (Lipinski definition) is 1. The molecule has 0 fully saturated rings. The van der Waals surface area contributed by atoms with Crippen molar-refractivity contribution in [1.29, 1.82) is 0 Å². The molecular formula is C13H11ClFNO2. The van der Waals surface area contributed by atoms with Gasteiger partial charge in [-0.3, -0.25) is 0 Å². The fourth-order valence-electron chi connectivity index (χ4n) is 1.84. The number of nitrogens with zero attached hydrogens (tertiary/aromatic N) is 1. The van der Waals surface area contributed by atoms with Crippen LogP contribution in [0.15, 0.2) is 30.5 Å². The lowest BCUT2D eigenvalue weighted by Gasteiger charge is -2.09. The molecule has 0 spiro atoms. The molecule has 0 saturated carbocycles. The van der Waals surface area contributed by atoms with Crippen molar-refractivity contribution in [1.82, 2.24) is 4.57 Å². The number of hydrogen-bond acceptors (Lipinski definition) is 1. The van der Waals surface area contributed by atoms with Gasteiger partial charge in [0.25, 0.3) is 0 Å². The number of carboxylic acids is 1. The minimum absolute atomic E-state index is 0.218. The Morgan fingerprint density at radius 3 is 2.78 bits per heavy atom. The molecule has 0 amide bonds. The zero-order valence-corrected chi connectivity index (χ0v) is 10.4. The predicted octanol–water partition coefficient (Wildman–Crippen LogP) is 3.34. The van der Waals surface area contributed by atoms with Crippen LogP contribution in [0.3, 0.4) is 0 Å². The van der Waals surface area contributed by atoms with Gasteiger partial charge in [0.15, 0.2) is 0 Å². The minimum Gasteiger partial charge on any atom is -0.477 e. The van der Waals surface area contributed by atoms with E-state index in [4.69, 9.17) is 16.7 Å². The first-order chi connectivity index (χ1) is 8.49. The van der Waals surface area contributed by atoms with E-state index in [1.54, 1.807) is 29.8 Å². The van der Waals surface area contributed by atoms with Crippen molar-refractivity contribution in [2.45, 2.75) is 13.5 Å². The van der Waals surface area contributed by atoms with Gasteiger partial charge in [0.2, 0.25) is 0 Å². The second-order valence-electron chi connectivity index (χ2n) is 4.02. The summed E-state index contributed by atoms with van der Waals surface area (Å²) >= 11 is 5.92. The Hall–Kier alpha value is -1.81. The molecule has 0 aliphatic rings. The van der Waals surface area contributed by atoms with Crippen molar-refractivity contribution in [2.75, 3.05) is 0 Å². The van der Waals surface area contributed by atoms with Gasteiger partial charge in [-0.2, -0.15) is 0 Å². The summed E-state index contributed by atoms with van der Waals surface area (Å²) in [6, 6.07) is 5.80. The zero-order valence-electron chi connectivity index (χ0n) is 9.65.